The fourth-order valence-electron chi connectivity index (χ4n) is 6.52. The molecule has 0 radical (unpaired) electrons. The highest BCUT2D eigenvalue weighted by molar-refractivity contribution is 6.24. The first-order valence-corrected chi connectivity index (χ1v) is 14.8. The number of hydrogen-bond acceptors (Lipinski definition) is 1. The predicted molar refractivity (Wildman–Crippen MR) is 199 cm³/mol. The van der Waals surface area contributed by atoms with Crippen molar-refractivity contribution in [2.24, 2.45) is 0 Å². The lowest BCUT2D eigenvalue weighted by Gasteiger charge is -2.21. The van der Waals surface area contributed by atoms with Gasteiger partial charge in [0.1, 0.15) is 5.82 Å². The van der Waals surface area contributed by atoms with E-state index < -0.39 is 97.6 Å². The van der Waals surface area contributed by atoms with Crippen LogP contribution in [0.2, 0.25) is 0 Å². The summed E-state index contributed by atoms with van der Waals surface area (Å²) in [4.78, 5) is 4.47. The van der Waals surface area contributed by atoms with Gasteiger partial charge in [-0.2, -0.15) is 0 Å². The molecule has 0 aliphatic rings. The number of aryl methyl sites for hydroxylation is 1. The minimum absolute atomic E-state index is 0.00526. The van der Waals surface area contributed by atoms with E-state index in [0.29, 0.717) is 27.5 Å². The Hall–Kier alpha value is -5.99. The highest BCUT2D eigenvalue weighted by Gasteiger charge is 2.21. The van der Waals surface area contributed by atoms with Crippen LogP contribution in [0.15, 0.2) is 163 Å². The molecule has 0 atom stereocenters. The third-order valence-corrected chi connectivity index (χ3v) is 8.42. The van der Waals surface area contributed by atoms with Crippen molar-refractivity contribution >= 4 is 43.4 Å². The number of para-hydroxylation sites is 2. The SMILES string of the molecule is [2H]c1c([2H])c([2H])c(-c2ccccc2-c2c3c([2H])c([2H])c([2H])c([2H])c3c(-c3ccc(-n4c(C([2H])([2H])C([2H])([2H])[2H])nc5ccccc54)c4ccccc34)c3c([2H])c([2H])c([2H])c([2H])c23)c([2H])c1[2H]. The molecule has 2 heteroatoms. The van der Waals surface area contributed by atoms with Gasteiger partial charge in [-0.1, -0.05) is 152 Å². The summed E-state index contributed by atoms with van der Waals surface area (Å²) in [5.41, 5.74) is 0.987. The van der Waals surface area contributed by atoms with Crippen molar-refractivity contribution in [1.29, 1.82) is 0 Å². The number of fused-ring (bicyclic) bond motifs is 4. The zero-order valence-electron chi connectivity index (χ0n) is 42.5. The second-order valence-corrected chi connectivity index (χ2v) is 10.9. The Balaban J connectivity index is 1.51. The van der Waals surface area contributed by atoms with Crippen LogP contribution in [-0.4, -0.2) is 9.55 Å². The van der Waals surface area contributed by atoms with Crippen LogP contribution in [-0.2, 0) is 6.37 Å². The molecule has 222 valence electrons. The summed E-state index contributed by atoms with van der Waals surface area (Å²) in [5.74, 6) is -0.405. The predicted octanol–water partition coefficient (Wildman–Crippen LogP) is 12.0. The second-order valence-electron chi connectivity index (χ2n) is 10.9. The molecule has 0 amide bonds. The van der Waals surface area contributed by atoms with Crippen molar-refractivity contribution in [1.82, 2.24) is 9.55 Å². The lowest BCUT2D eigenvalue weighted by atomic mass is 9.83. The number of benzene rings is 8. The molecule has 0 bridgehead atoms. The molecule has 8 aromatic carbocycles. The zero-order valence-corrected chi connectivity index (χ0v) is 24.5. The Morgan fingerprint density at radius 1 is 0.553 bits per heavy atom. The second kappa shape index (κ2) is 11.1. The lowest BCUT2D eigenvalue weighted by molar-refractivity contribution is 0.913. The molecule has 0 saturated carbocycles. The van der Waals surface area contributed by atoms with Crippen molar-refractivity contribution in [3.8, 4) is 39.1 Å². The lowest BCUT2D eigenvalue weighted by Crippen LogP contribution is -2.01. The summed E-state index contributed by atoms with van der Waals surface area (Å²) in [6, 6.07) is 14.7. The quantitative estimate of drug-likeness (QED) is 0.175. The Morgan fingerprint density at radius 3 is 1.83 bits per heavy atom. The molecule has 0 spiro atoms. The van der Waals surface area contributed by atoms with Crippen LogP contribution < -0.4 is 0 Å². The third kappa shape index (κ3) is 4.30. The van der Waals surface area contributed by atoms with Crippen LogP contribution in [0.4, 0.5) is 0 Å². The van der Waals surface area contributed by atoms with Gasteiger partial charge in [-0.05, 0) is 78.5 Å². The van der Waals surface area contributed by atoms with Gasteiger partial charge in [0.05, 0.1) is 34.5 Å². The maximum Gasteiger partial charge on any atom is 0.114 e. The van der Waals surface area contributed by atoms with Crippen LogP contribution in [0.1, 0.15) is 37.3 Å². The normalized spacial score (nSPS) is 17.6. The fourth-order valence-corrected chi connectivity index (χ4v) is 6.52. The Bertz CT molecular complexity index is 3450. The van der Waals surface area contributed by atoms with Crippen molar-refractivity contribution < 1.29 is 24.7 Å². The molecule has 0 unspecified atom stereocenters. The van der Waals surface area contributed by atoms with Gasteiger partial charge < -0.3 is 0 Å². The molecule has 9 aromatic rings. The number of nitrogens with zero attached hydrogens (tertiary/aromatic N) is 2. The summed E-state index contributed by atoms with van der Waals surface area (Å²) >= 11 is 0. The van der Waals surface area contributed by atoms with Crippen molar-refractivity contribution in [2.45, 2.75) is 13.2 Å². The standard InChI is InChI=1S/C45H32N2/c1-2-43-46-40-26-14-15-27-42(40)47(43)41-29-28-39(32-19-7-8-20-33(32)41)45-37-24-12-10-22-35(37)44(36-23-11-13-25-38(36)45)34-21-9-6-18-31(34)30-16-4-3-5-17-30/h3-29H,2H2,1H3/i1D3,2D2,3D,4D,5D,10D,11D,12D,13D,16D,17D,22D,23D,24D,25D. The van der Waals surface area contributed by atoms with Crippen LogP contribution in [0.5, 0.6) is 0 Å². The number of rotatable bonds is 5. The van der Waals surface area contributed by atoms with E-state index in [4.69, 9.17) is 19.2 Å². The average molecular weight is 619 g/mol. The molecular formula is C45H32N2. The first kappa shape index (κ1) is 14.6. The summed E-state index contributed by atoms with van der Waals surface area (Å²) in [6.07, 6.45) is -2.95. The molecule has 1 aromatic heterocycles. The molecule has 9 rings (SSSR count). The number of aromatic nitrogens is 2. The molecule has 2 nitrogen and oxygen atoms in total. The Labute approximate surface area is 299 Å². The van der Waals surface area contributed by atoms with Gasteiger partial charge in [0.15, 0.2) is 0 Å². The molecule has 0 N–H and O–H groups in total. The monoisotopic (exact) mass is 618 g/mol. The molecule has 0 saturated heterocycles. The minimum atomic E-state index is -3.14. The Morgan fingerprint density at radius 2 is 1.13 bits per heavy atom. The number of hydrogen-bond donors (Lipinski definition) is 0. The van der Waals surface area contributed by atoms with Gasteiger partial charge in [-0.25, -0.2) is 4.98 Å². The van der Waals surface area contributed by atoms with E-state index >= 15 is 0 Å². The molecule has 1 heterocycles. The zero-order chi connectivity index (χ0) is 46.9. The molecule has 0 fully saturated rings. The van der Waals surface area contributed by atoms with Crippen LogP contribution >= 0.6 is 0 Å². The van der Waals surface area contributed by atoms with Gasteiger partial charge in [0.2, 0.25) is 0 Å². The topological polar surface area (TPSA) is 17.8 Å². The molecule has 0 aliphatic heterocycles. The van der Waals surface area contributed by atoms with Crippen LogP contribution in [0.25, 0.3) is 82.4 Å². The maximum atomic E-state index is 9.53. The highest BCUT2D eigenvalue weighted by Crippen LogP contribution is 2.47. The molecule has 0 aliphatic carbocycles. The van der Waals surface area contributed by atoms with Gasteiger partial charge >= 0.3 is 0 Å². The van der Waals surface area contributed by atoms with Crippen molar-refractivity contribution in [3.05, 3.63) is 169 Å². The van der Waals surface area contributed by atoms with Gasteiger partial charge in [0, 0.05) is 18.6 Å². The third-order valence-electron chi connectivity index (χ3n) is 8.42. The first-order valence-electron chi connectivity index (χ1n) is 23.8. The summed E-state index contributed by atoms with van der Waals surface area (Å²) in [5, 5.41) is 0.123. The van der Waals surface area contributed by atoms with Crippen LogP contribution in [0.3, 0.4) is 0 Å². The van der Waals surface area contributed by atoms with Gasteiger partial charge in [0.25, 0.3) is 0 Å². The maximum absolute atomic E-state index is 9.53. The average Bonchev–Trinajstić information content (AvgIpc) is 3.69. The minimum Gasteiger partial charge on any atom is -0.296 e. The highest BCUT2D eigenvalue weighted by atomic mass is 15.1. The van der Waals surface area contributed by atoms with E-state index in [9.17, 15) is 5.48 Å². The van der Waals surface area contributed by atoms with Gasteiger partial charge in [-0.15, -0.1) is 0 Å². The van der Waals surface area contributed by atoms with E-state index in [2.05, 4.69) is 4.98 Å². The summed E-state index contributed by atoms with van der Waals surface area (Å²) in [6.45, 7) is -3.14. The summed E-state index contributed by atoms with van der Waals surface area (Å²) < 4.78 is 160. The van der Waals surface area contributed by atoms with Crippen molar-refractivity contribution in [2.75, 3.05) is 0 Å². The van der Waals surface area contributed by atoms with E-state index in [1.165, 1.54) is 16.7 Å². The fraction of sp³-hybridized carbons (Fsp3) is 0.0444. The van der Waals surface area contributed by atoms with Gasteiger partial charge in [-0.3, -0.25) is 4.57 Å². The smallest absolute Gasteiger partial charge is 0.114 e. The van der Waals surface area contributed by atoms with E-state index in [1.54, 1.807) is 72.8 Å². The van der Waals surface area contributed by atoms with E-state index in [1.807, 2.05) is 0 Å². The summed E-state index contributed by atoms with van der Waals surface area (Å²) in [7, 11) is 0. The molecule has 47 heavy (non-hydrogen) atoms. The van der Waals surface area contributed by atoms with E-state index in [-0.39, 0.29) is 54.9 Å². The van der Waals surface area contributed by atoms with E-state index in [0.717, 1.165) is 0 Å². The number of imidazole rings is 1. The van der Waals surface area contributed by atoms with Crippen molar-refractivity contribution in [3.63, 3.8) is 0 Å². The van der Waals surface area contributed by atoms with Crippen LogP contribution in [0, 0.1) is 0 Å². The Kier molecular flexibility index (Phi) is 3.46. The first-order chi connectivity index (χ1) is 30.6. The largest absolute Gasteiger partial charge is 0.296 e. The molecular weight excluding hydrogens is 569 g/mol.